The molecule has 1 aromatic carbocycles. The normalized spacial score (nSPS) is 12.4. The first-order valence-corrected chi connectivity index (χ1v) is 6.78. The van der Waals surface area contributed by atoms with E-state index in [1.54, 1.807) is 0 Å². The Morgan fingerprint density at radius 1 is 1.11 bits per heavy atom. The van der Waals surface area contributed by atoms with Gasteiger partial charge < -0.3 is 5.32 Å². The van der Waals surface area contributed by atoms with Crippen LogP contribution in [0.3, 0.4) is 0 Å². The van der Waals surface area contributed by atoms with Crippen molar-refractivity contribution in [2.75, 3.05) is 6.54 Å². The lowest BCUT2D eigenvalue weighted by Crippen LogP contribution is -2.23. The van der Waals surface area contributed by atoms with Gasteiger partial charge in [0.05, 0.1) is 0 Å². The predicted molar refractivity (Wildman–Crippen MR) is 78.1 cm³/mol. The largest absolute Gasteiger partial charge is 0.310 e. The summed E-state index contributed by atoms with van der Waals surface area (Å²) in [5, 5.41) is 3.53. The molecule has 0 saturated carbocycles. The van der Waals surface area contributed by atoms with Crippen LogP contribution in [-0.2, 0) is 6.42 Å². The summed E-state index contributed by atoms with van der Waals surface area (Å²) in [6.07, 6.45) is 0.891. The maximum atomic E-state index is 4.53. The molecule has 0 radical (unpaired) electrons. The van der Waals surface area contributed by atoms with Gasteiger partial charge in [0.25, 0.3) is 0 Å². The number of rotatable bonds is 5. The minimum atomic E-state index is 0.305. The second-order valence-corrected chi connectivity index (χ2v) is 4.77. The first-order valence-electron chi connectivity index (χ1n) is 6.78. The van der Waals surface area contributed by atoms with Gasteiger partial charge in [0, 0.05) is 23.9 Å². The third-order valence-electron chi connectivity index (χ3n) is 3.08. The molecular weight excluding hydrogens is 234 g/mol. The number of nitrogens with zero attached hydrogens (tertiary/aromatic N) is 2. The molecule has 0 fully saturated rings. The smallest absolute Gasteiger partial charge is 0.125 e. The first kappa shape index (κ1) is 13.7. The van der Waals surface area contributed by atoms with Gasteiger partial charge in [-0.2, -0.15) is 0 Å². The van der Waals surface area contributed by atoms with Crippen molar-refractivity contribution in [3.05, 3.63) is 59.2 Å². The molecule has 19 heavy (non-hydrogen) atoms. The molecule has 2 aromatic rings. The Hall–Kier alpha value is -1.74. The first-order chi connectivity index (χ1) is 9.19. The number of hydrogen-bond acceptors (Lipinski definition) is 3. The van der Waals surface area contributed by atoms with Crippen molar-refractivity contribution in [2.45, 2.75) is 33.2 Å². The number of hydrogen-bond donors (Lipinski definition) is 1. The molecular formula is C16H21N3. The average Bonchev–Trinajstić information content (AvgIpc) is 2.38. The molecule has 3 heteroatoms. The van der Waals surface area contributed by atoms with Crippen molar-refractivity contribution >= 4 is 0 Å². The lowest BCUT2D eigenvalue weighted by atomic mass is 10.0. The molecule has 3 nitrogen and oxygen atoms in total. The lowest BCUT2D eigenvalue weighted by molar-refractivity contribution is 0.542. The highest BCUT2D eigenvalue weighted by Gasteiger charge is 2.12. The minimum absolute atomic E-state index is 0.305. The molecule has 1 N–H and O–H groups in total. The van der Waals surface area contributed by atoms with Gasteiger partial charge in [0.2, 0.25) is 0 Å². The van der Waals surface area contributed by atoms with Crippen LogP contribution in [0.4, 0.5) is 0 Å². The molecule has 0 aliphatic carbocycles. The van der Waals surface area contributed by atoms with Crippen LogP contribution < -0.4 is 5.32 Å². The Morgan fingerprint density at radius 2 is 1.84 bits per heavy atom. The van der Waals surface area contributed by atoms with E-state index in [9.17, 15) is 0 Å². The zero-order valence-electron chi connectivity index (χ0n) is 11.9. The summed E-state index contributed by atoms with van der Waals surface area (Å²) in [5.41, 5.74) is 3.43. The summed E-state index contributed by atoms with van der Waals surface area (Å²) in [6.45, 7) is 7.04. The summed E-state index contributed by atoms with van der Waals surface area (Å²) >= 11 is 0. The Balaban J connectivity index is 2.21. The van der Waals surface area contributed by atoms with E-state index in [0.29, 0.717) is 6.04 Å². The van der Waals surface area contributed by atoms with E-state index >= 15 is 0 Å². The average molecular weight is 255 g/mol. The summed E-state index contributed by atoms with van der Waals surface area (Å²) in [4.78, 5) is 8.86. The zero-order chi connectivity index (χ0) is 13.7. The van der Waals surface area contributed by atoms with Crippen molar-refractivity contribution in [2.24, 2.45) is 0 Å². The van der Waals surface area contributed by atoms with Gasteiger partial charge in [-0.15, -0.1) is 0 Å². The van der Waals surface area contributed by atoms with Crippen LogP contribution >= 0.6 is 0 Å². The van der Waals surface area contributed by atoms with Gasteiger partial charge in [0.1, 0.15) is 5.82 Å². The Morgan fingerprint density at radius 3 is 2.47 bits per heavy atom. The van der Waals surface area contributed by atoms with E-state index in [1.807, 2.05) is 19.9 Å². The topological polar surface area (TPSA) is 37.8 Å². The van der Waals surface area contributed by atoms with E-state index in [0.717, 1.165) is 30.2 Å². The summed E-state index contributed by atoms with van der Waals surface area (Å²) in [6, 6.07) is 12.9. The SMILES string of the molecule is CCNC(Cc1cc(C)nc(C)n1)c1ccccc1. The number of aryl methyl sites for hydroxylation is 2. The van der Waals surface area contributed by atoms with E-state index in [1.165, 1.54) is 5.56 Å². The summed E-state index contributed by atoms with van der Waals surface area (Å²) in [5.74, 6) is 0.846. The second-order valence-electron chi connectivity index (χ2n) is 4.77. The van der Waals surface area contributed by atoms with Crippen molar-refractivity contribution in [3.8, 4) is 0 Å². The zero-order valence-corrected chi connectivity index (χ0v) is 11.9. The van der Waals surface area contributed by atoms with Crippen molar-refractivity contribution in [1.29, 1.82) is 0 Å². The van der Waals surface area contributed by atoms with Gasteiger partial charge in [0.15, 0.2) is 0 Å². The van der Waals surface area contributed by atoms with Gasteiger partial charge in [-0.1, -0.05) is 37.3 Å². The maximum absolute atomic E-state index is 4.53. The monoisotopic (exact) mass is 255 g/mol. The van der Waals surface area contributed by atoms with Gasteiger partial charge in [-0.05, 0) is 32.0 Å². The Kier molecular flexibility index (Phi) is 4.63. The fourth-order valence-corrected chi connectivity index (χ4v) is 2.35. The van der Waals surface area contributed by atoms with Crippen LogP contribution in [0.2, 0.25) is 0 Å². The third-order valence-corrected chi connectivity index (χ3v) is 3.08. The van der Waals surface area contributed by atoms with E-state index in [-0.39, 0.29) is 0 Å². The molecule has 1 aromatic heterocycles. The molecule has 100 valence electrons. The highest BCUT2D eigenvalue weighted by atomic mass is 14.9. The highest BCUT2D eigenvalue weighted by Crippen LogP contribution is 2.17. The van der Waals surface area contributed by atoms with Crippen LogP contribution in [0, 0.1) is 13.8 Å². The minimum Gasteiger partial charge on any atom is -0.310 e. The second kappa shape index (κ2) is 6.43. The summed E-state index contributed by atoms with van der Waals surface area (Å²) in [7, 11) is 0. The van der Waals surface area contributed by atoms with Crippen LogP contribution in [-0.4, -0.2) is 16.5 Å². The number of likely N-dealkylation sites (N-methyl/N-ethyl adjacent to an activating group) is 1. The molecule has 0 spiro atoms. The molecule has 2 rings (SSSR count). The van der Waals surface area contributed by atoms with Gasteiger partial charge in [-0.25, -0.2) is 9.97 Å². The van der Waals surface area contributed by atoms with E-state index in [4.69, 9.17) is 0 Å². The standard InChI is InChI=1S/C16H21N3/c1-4-17-16(14-8-6-5-7-9-14)11-15-10-12(2)18-13(3)19-15/h5-10,16-17H,4,11H2,1-3H3. The number of benzene rings is 1. The van der Waals surface area contributed by atoms with E-state index in [2.05, 4.69) is 52.5 Å². The fraction of sp³-hybridized carbons (Fsp3) is 0.375. The van der Waals surface area contributed by atoms with Crippen molar-refractivity contribution in [3.63, 3.8) is 0 Å². The van der Waals surface area contributed by atoms with Crippen LogP contribution in [0.25, 0.3) is 0 Å². The van der Waals surface area contributed by atoms with Crippen molar-refractivity contribution < 1.29 is 0 Å². The number of aromatic nitrogens is 2. The number of nitrogens with one attached hydrogen (secondary N) is 1. The molecule has 0 aliphatic rings. The molecule has 0 aliphatic heterocycles. The van der Waals surface area contributed by atoms with Gasteiger partial charge >= 0.3 is 0 Å². The van der Waals surface area contributed by atoms with Gasteiger partial charge in [-0.3, -0.25) is 0 Å². The quantitative estimate of drug-likeness (QED) is 0.892. The Labute approximate surface area is 115 Å². The van der Waals surface area contributed by atoms with Crippen LogP contribution in [0.15, 0.2) is 36.4 Å². The third kappa shape index (κ3) is 3.86. The molecule has 0 saturated heterocycles. The molecule has 1 unspecified atom stereocenters. The fourth-order valence-electron chi connectivity index (χ4n) is 2.35. The van der Waals surface area contributed by atoms with E-state index < -0.39 is 0 Å². The Bertz CT molecular complexity index is 503. The molecule has 0 amide bonds. The molecule has 1 heterocycles. The predicted octanol–water partition coefficient (Wildman–Crippen LogP) is 2.99. The van der Waals surface area contributed by atoms with Crippen LogP contribution in [0.1, 0.15) is 35.7 Å². The van der Waals surface area contributed by atoms with Crippen LogP contribution in [0.5, 0.6) is 0 Å². The molecule has 1 atom stereocenters. The lowest BCUT2D eigenvalue weighted by Gasteiger charge is -2.18. The summed E-state index contributed by atoms with van der Waals surface area (Å²) < 4.78 is 0. The maximum Gasteiger partial charge on any atom is 0.125 e. The van der Waals surface area contributed by atoms with Crippen molar-refractivity contribution in [1.82, 2.24) is 15.3 Å². The molecule has 0 bridgehead atoms. The highest BCUT2D eigenvalue weighted by molar-refractivity contribution is 5.21.